The van der Waals surface area contributed by atoms with Crippen LogP contribution in [0.15, 0.2) is 23.2 Å². The van der Waals surface area contributed by atoms with Gasteiger partial charge in [0.1, 0.15) is 0 Å². The summed E-state index contributed by atoms with van der Waals surface area (Å²) in [5, 5.41) is 6.55. The monoisotopic (exact) mass is 523 g/mol. The lowest BCUT2D eigenvalue weighted by Gasteiger charge is -2.21. The second-order valence-corrected chi connectivity index (χ2v) is 7.00. The lowest BCUT2D eigenvalue weighted by atomic mass is 10.0. The molecule has 0 bridgehead atoms. The molecule has 6 nitrogen and oxygen atoms in total. The summed E-state index contributed by atoms with van der Waals surface area (Å²) >= 11 is 0. The van der Waals surface area contributed by atoms with Crippen molar-refractivity contribution in [2.75, 3.05) is 46.6 Å². The zero-order valence-electron chi connectivity index (χ0n) is 17.7. The molecule has 0 radical (unpaired) electrons. The highest BCUT2D eigenvalue weighted by Gasteiger charge is 2.13. The van der Waals surface area contributed by atoms with Crippen LogP contribution in [-0.4, -0.2) is 52.6 Å². The maximum Gasteiger partial charge on any atom is 0.191 e. The van der Waals surface area contributed by atoms with Crippen LogP contribution in [0.2, 0.25) is 0 Å². The third kappa shape index (κ3) is 9.48. The predicted molar refractivity (Wildman–Crippen MR) is 125 cm³/mol. The number of guanidine groups is 1. The number of methoxy groups -OCH3 is 1. The number of nitrogens with one attached hydrogen (secondary N) is 2. The van der Waals surface area contributed by atoms with Gasteiger partial charge in [-0.25, -0.2) is 4.39 Å². The topological polar surface area (TPSA) is 64.1 Å². The molecule has 8 heteroatoms. The highest BCUT2D eigenvalue weighted by atomic mass is 127. The number of ether oxygens (including phenoxy) is 3. The first-order chi connectivity index (χ1) is 13.6. The van der Waals surface area contributed by atoms with Gasteiger partial charge in [-0.3, -0.25) is 4.99 Å². The molecule has 0 spiro atoms. The number of hydrogen-bond donors (Lipinski definition) is 2. The lowest BCUT2D eigenvalue weighted by Crippen LogP contribution is -2.38. The Kier molecular flexibility index (Phi) is 13.2. The van der Waals surface area contributed by atoms with E-state index < -0.39 is 0 Å². The van der Waals surface area contributed by atoms with Gasteiger partial charge < -0.3 is 24.8 Å². The van der Waals surface area contributed by atoms with Crippen molar-refractivity contribution in [3.8, 4) is 5.75 Å². The minimum atomic E-state index is -0.364. The minimum absolute atomic E-state index is 0. The van der Waals surface area contributed by atoms with Gasteiger partial charge in [0.05, 0.1) is 13.2 Å². The van der Waals surface area contributed by atoms with Gasteiger partial charge in [-0.05, 0) is 56.7 Å². The number of aliphatic imine (C=N–C) groups is 1. The average Bonchev–Trinajstić information content (AvgIpc) is 2.71. The highest BCUT2D eigenvalue weighted by Crippen LogP contribution is 2.21. The van der Waals surface area contributed by atoms with E-state index in [2.05, 4.69) is 15.6 Å². The van der Waals surface area contributed by atoms with Gasteiger partial charge in [0.25, 0.3) is 0 Å². The summed E-state index contributed by atoms with van der Waals surface area (Å²) < 4.78 is 30.0. The Morgan fingerprint density at radius 3 is 2.76 bits per heavy atom. The Morgan fingerprint density at radius 1 is 1.34 bits per heavy atom. The molecular weight excluding hydrogens is 488 g/mol. The highest BCUT2D eigenvalue weighted by molar-refractivity contribution is 14.0. The Hall–Kier alpha value is -1.13. The number of rotatable bonds is 10. The van der Waals surface area contributed by atoms with Crippen molar-refractivity contribution in [3.63, 3.8) is 0 Å². The summed E-state index contributed by atoms with van der Waals surface area (Å²) in [4.78, 5) is 4.60. The summed E-state index contributed by atoms with van der Waals surface area (Å²) in [5.74, 6) is 1.23. The van der Waals surface area contributed by atoms with Crippen molar-refractivity contribution in [2.45, 2.75) is 39.2 Å². The fourth-order valence-corrected chi connectivity index (χ4v) is 3.08. The number of hydrogen-bond acceptors (Lipinski definition) is 4. The van der Waals surface area contributed by atoms with Crippen LogP contribution in [0.1, 0.15) is 44.7 Å². The minimum Gasteiger partial charge on any atom is -0.494 e. The lowest BCUT2D eigenvalue weighted by molar-refractivity contribution is 0.0205. The van der Waals surface area contributed by atoms with Crippen molar-refractivity contribution in [2.24, 2.45) is 10.9 Å². The van der Waals surface area contributed by atoms with Crippen molar-refractivity contribution in [3.05, 3.63) is 29.6 Å². The summed E-state index contributed by atoms with van der Waals surface area (Å²) in [6.07, 6.45) is 3.05. The first-order valence-electron chi connectivity index (χ1n) is 10.2. The quantitative estimate of drug-likeness (QED) is 0.211. The molecule has 0 aromatic heterocycles. The Labute approximate surface area is 191 Å². The third-order valence-electron chi connectivity index (χ3n) is 4.78. The fourth-order valence-electron chi connectivity index (χ4n) is 3.08. The summed E-state index contributed by atoms with van der Waals surface area (Å²) in [7, 11) is 1.46. The van der Waals surface area contributed by atoms with Crippen LogP contribution in [0.5, 0.6) is 5.75 Å². The van der Waals surface area contributed by atoms with Crippen molar-refractivity contribution >= 4 is 29.9 Å². The molecule has 1 unspecified atom stereocenters. The van der Waals surface area contributed by atoms with Gasteiger partial charge in [0, 0.05) is 39.5 Å². The van der Waals surface area contributed by atoms with E-state index in [1.807, 2.05) is 19.9 Å². The van der Waals surface area contributed by atoms with Gasteiger partial charge in [-0.15, -0.1) is 24.0 Å². The second-order valence-electron chi connectivity index (χ2n) is 7.00. The van der Waals surface area contributed by atoms with E-state index in [-0.39, 0.29) is 41.6 Å². The van der Waals surface area contributed by atoms with Crippen LogP contribution in [0.3, 0.4) is 0 Å². The van der Waals surface area contributed by atoms with Crippen molar-refractivity contribution in [1.82, 2.24) is 10.6 Å². The third-order valence-corrected chi connectivity index (χ3v) is 4.78. The molecule has 1 aliphatic heterocycles. The number of halogens is 2. The van der Waals surface area contributed by atoms with E-state index in [4.69, 9.17) is 14.2 Å². The van der Waals surface area contributed by atoms with E-state index in [9.17, 15) is 4.39 Å². The standard InChI is InChI=1S/C21H34FN3O3.HI/c1-4-23-21(24-10-5-11-28-15-17-8-12-27-13-9-17)25-16(2)18-6-7-20(26-3)19(22)14-18;/h6-7,14,16-17H,4-5,8-13,15H2,1-3H3,(H2,23,24,25);1H. The number of benzene rings is 1. The molecule has 0 aliphatic carbocycles. The second kappa shape index (κ2) is 14.8. The molecular formula is C21H35FIN3O3. The van der Waals surface area contributed by atoms with E-state index in [0.29, 0.717) is 19.1 Å². The van der Waals surface area contributed by atoms with Gasteiger partial charge in [0.15, 0.2) is 17.5 Å². The van der Waals surface area contributed by atoms with E-state index in [0.717, 1.165) is 57.2 Å². The van der Waals surface area contributed by atoms with E-state index in [1.54, 1.807) is 6.07 Å². The molecule has 0 saturated carbocycles. The normalized spacial score (nSPS) is 16.1. The Balaban J connectivity index is 0.00000420. The molecule has 0 amide bonds. The zero-order valence-corrected chi connectivity index (χ0v) is 20.0. The number of nitrogens with zero attached hydrogens (tertiary/aromatic N) is 1. The molecule has 29 heavy (non-hydrogen) atoms. The molecule has 1 aromatic carbocycles. The SMILES string of the molecule is CCNC(=NCCCOCC1CCOCC1)NC(C)c1ccc(OC)c(F)c1.I. The molecule has 1 aromatic rings. The van der Waals surface area contributed by atoms with Crippen molar-refractivity contribution in [1.29, 1.82) is 0 Å². The van der Waals surface area contributed by atoms with Crippen LogP contribution in [0.4, 0.5) is 4.39 Å². The molecule has 1 aliphatic rings. The van der Waals surface area contributed by atoms with Crippen LogP contribution in [0, 0.1) is 11.7 Å². The maximum atomic E-state index is 13.9. The van der Waals surface area contributed by atoms with Gasteiger partial charge in [-0.1, -0.05) is 6.07 Å². The molecule has 1 saturated heterocycles. The van der Waals surface area contributed by atoms with Gasteiger partial charge in [0.2, 0.25) is 0 Å². The molecule has 2 rings (SSSR count). The zero-order chi connectivity index (χ0) is 20.2. The first kappa shape index (κ1) is 25.9. The van der Waals surface area contributed by atoms with E-state index in [1.165, 1.54) is 13.2 Å². The van der Waals surface area contributed by atoms with Crippen LogP contribution >= 0.6 is 24.0 Å². The largest absolute Gasteiger partial charge is 0.494 e. The van der Waals surface area contributed by atoms with Crippen LogP contribution < -0.4 is 15.4 Å². The van der Waals surface area contributed by atoms with Crippen molar-refractivity contribution < 1.29 is 18.6 Å². The van der Waals surface area contributed by atoms with Crippen LogP contribution in [0.25, 0.3) is 0 Å². The smallest absolute Gasteiger partial charge is 0.191 e. The summed E-state index contributed by atoms with van der Waals surface area (Å²) in [6.45, 7) is 8.66. The molecule has 1 heterocycles. The van der Waals surface area contributed by atoms with Gasteiger partial charge >= 0.3 is 0 Å². The van der Waals surface area contributed by atoms with Crippen LogP contribution in [-0.2, 0) is 9.47 Å². The van der Waals surface area contributed by atoms with E-state index >= 15 is 0 Å². The Morgan fingerprint density at radius 2 is 2.10 bits per heavy atom. The fraction of sp³-hybridized carbons (Fsp3) is 0.667. The van der Waals surface area contributed by atoms with Gasteiger partial charge in [-0.2, -0.15) is 0 Å². The summed E-state index contributed by atoms with van der Waals surface area (Å²) in [5.41, 5.74) is 0.837. The molecule has 166 valence electrons. The predicted octanol–water partition coefficient (Wildman–Crippen LogP) is 3.90. The Bertz CT molecular complexity index is 613. The summed E-state index contributed by atoms with van der Waals surface area (Å²) in [6, 6.07) is 4.91. The molecule has 2 N–H and O–H groups in total. The average molecular weight is 523 g/mol. The molecule has 1 fully saturated rings. The molecule has 1 atom stereocenters. The maximum absolute atomic E-state index is 13.9. The first-order valence-corrected chi connectivity index (χ1v) is 10.2.